The highest BCUT2D eigenvalue weighted by Crippen LogP contribution is 2.23. The second kappa shape index (κ2) is 5.13. The summed E-state index contributed by atoms with van der Waals surface area (Å²) in [6.45, 7) is 4.14. The molecule has 0 aromatic rings. The molecule has 1 fully saturated rings. The van der Waals surface area contributed by atoms with Crippen molar-refractivity contribution in [1.82, 2.24) is 4.31 Å². The summed E-state index contributed by atoms with van der Waals surface area (Å²) >= 11 is 0. The molecule has 0 spiro atoms. The highest BCUT2D eigenvalue weighted by Gasteiger charge is 2.38. The molecule has 1 aliphatic heterocycles. The van der Waals surface area contributed by atoms with Gasteiger partial charge in [-0.15, -0.1) is 0 Å². The Bertz CT molecular complexity index is 374. The fraction of sp³-hybridized carbons (Fsp3) is 0.900. The minimum atomic E-state index is -3.53. The molecule has 1 aliphatic rings. The third-order valence-electron chi connectivity index (χ3n) is 3.08. The fourth-order valence-electron chi connectivity index (χ4n) is 1.96. The van der Waals surface area contributed by atoms with Crippen molar-refractivity contribution in [2.24, 2.45) is 0 Å². The van der Waals surface area contributed by atoms with E-state index in [-0.39, 0.29) is 12.1 Å². The molecule has 3 atom stereocenters. The Hall–Kier alpha value is -0.640. The smallest absolute Gasteiger partial charge is 0.230 e. The molecule has 1 heterocycles. The Morgan fingerprint density at radius 1 is 1.62 bits per heavy atom. The minimum absolute atomic E-state index is 0.101. The van der Waals surface area contributed by atoms with E-state index in [4.69, 9.17) is 10.00 Å². The molecular weight excluding hydrogens is 228 g/mol. The second-order valence-corrected chi connectivity index (χ2v) is 6.19. The van der Waals surface area contributed by atoms with Crippen LogP contribution in [0.1, 0.15) is 26.7 Å². The van der Waals surface area contributed by atoms with Crippen LogP contribution >= 0.6 is 0 Å². The SMILES string of the molecule is CCC(C#N)S(=O)(=O)N(C)C1CCOC1C. The van der Waals surface area contributed by atoms with Gasteiger partial charge in [-0.25, -0.2) is 8.42 Å². The van der Waals surface area contributed by atoms with Gasteiger partial charge in [0.25, 0.3) is 0 Å². The molecule has 0 bridgehead atoms. The average Bonchev–Trinajstić information content (AvgIpc) is 2.64. The quantitative estimate of drug-likeness (QED) is 0.733. The van der Waals surface area contributed by atoms with E-state index in [1.165, 1.54) is 11.4 Å². The summed E-state index contributed by atoms with van der Waals surface area (Å²) in [4.78, 5) is 0. The van der Waals surface area contributed by atoms with Crippen LogP contribution in [0.2, 0.25) is 0 Å². The lowest BCUT2D eigenvalue weighted by Crippen LogP contribution is -2.44. The van der Waals surface area contributed by atoms with Gasteiger partial charge in [0.05, 0.1) is 18.2 Å². The summed E-state index contributed by atoms with van der Waals surface area (Å²) in [5.41, 5.74) is 0. The van der Waals surface area contributed by atoms with Crippen LogP contribution in [0.4, 0.5) is 0 Å². The summed E-state index contributed by atoms with van der Waals surface area (Å²) in [7, 11) is -1.99. The van der Waals surface area contributed by atoms with Gasteiger partial charge in [-0.1, -0.05) is 6.92 Å². The Balaban J connectivity index is 2.88. The van der Waals surface area contributed by atoms with Crippen LogP contribution in [0.3, 0.4) is 0 Å². The van der Waals surface area contributed by atoms with Crippen LogP contribution in [0.15, 0.2) is 0 Å². The maximum absolute atomic E-state index is 12.1. The van der Waals surface area contributed by atoms with Gasteiger partial charge in [0, 0.05) is 13.7 Å². The minimum Gasteiger partial charge on any atom is -0.377 e. The number of likely N-dealkylation sites (N-methyl/N-ethyl adjacent to an activating group) is 1. The van der Waals surface area contributed by atoms with Gasteiger partial charge < -0.3 is 4.74 Å². The van der Waals surface area contributed by atoms with Crippen molar-refractivity contribution in [1.29, 1.82) is 5.26 Å². The van der Waals surface area contributed by atoms with Crippen LogP contribution in [0.25, 0.3) is 0 Å². The van der Waals surface area contributed by atoms with Gasteiger partial charge in [0.1, 0.15) is 0 Å². The van der Waals surface area contributed by atoms with E-state index in [2.05, 4.69) is 0 Å². The van der Waals surface area contributed by atoms with Crippen molar-refractivity contribution in [3.63, 3.8) is 0 Å². The Morgan fingerprint density at radius 3 is 2.62 bits per heavy atom. The number of rotatable bonds is 4. The molecule has 0 N–H and O–H groups in total. The standard InChI is InChI=1S/C10H18N2O3S/c1-4-9(7-11)16(13,14)12(3)10-5-6-15-8(10)2/h8-10H,4-6H2,1-3H3. The highest BCUT2D eigenvalue weighted by molar-refractivity contribution is 7.90. The number of nitriles is 1. The van der Waals surface area contributed by atoms with Crippen molar-refractivity contribution in [2.45, 2.75) is 44.1 Å². The lowest BCUT2D eigenvalue weighted by atomic mass is 10.2. The van der Waals surface area contributed by atoms with Gasteiger partial charge in [-0.2, -0.15) is 9.57 Å². The van der Waals surface area contributed by atoms with Crippen molar-refractivity contribution in [3.8, 4) is 6.07 Å². The van der Waals surface area contributed by atoms with Crippen LogP contribution in [0.5, 0.6) is 0 Å². The van der Waals surface area contributed by atoms with Crippen molar-refractivity contribution < 1.29 is 13.2 Å². The molecule has 1 saturated heterocycles. The number of sulfonamides is 1. The zero-order valence-electron chi connectivity index (χ0n) is 9.88. The molecule has 0 aromatic heterocycles. The summed E-state index contributed by atoms with van der Waals surface area (Å²) in [6.07, 6.45) is 0.903. The Kier molecular flexibility index (Phi) is 4.30. The van der Waals surface area contributed by atoms with Crippen molar-refractivity contribution in [3.05, 3.63) is 0 Å². The molecule has 0 radical (unpaired) electrons. The van der Waals surface area contributed by atoms with Gasteiger partial charge in [-0.3, -0.25) is 0 Å². The fourth-order valence-corrected chi connectivity index (χ4v) is 3.57. The van der Waals surface area contributed by atoms with E-state index in [0.29, 0.717) is 19.4 Å². The summed E-state index contributed by atoms with van der Waals surface area (Å²) in [5.74, 6) is 0. The molecule has 6 heteroatoms. The predicted octanol–water partition coefficient (Wildman–Crippen LogP) is 0.728. The van der Waals surface area contributed by atoms with Crippen molar-refractivity contribution in [2.75, 3.05) is 13.7 Å². The number of nitrogens with zero attached hydrogens (tertiary/aromatic N) is 2. The van der Waals surface area contributed by atoms with Gasteiger partial charge in [0.15, 0.2) is 5.25 Å². The van der Waals surface area contributed by atoms with Crippen LogP contribution in [-0.2, 0) is 14.8 Å². The molecular formula is C10H18N2O3S. The van der Waals surface area contributed by atoms with E-state index in [9.17, 15) is 8.42 Å². The second-order valence-electron chi connectivity index (χ2n) is 4.02. The first kappa shape index (κ1) is 13.4. The molecule has 0 amide bonds. The zero-order chi connectivity index (χ0) is 12.3. The molecule has 3 unspecified atom stereocenters. The third-order valence-corrected chi connectivity index (χ3v) is 5.31. The van der Waals surface area contributed by atoms with Crippen LogP contribution in [-0.4, -0.2) is 43.8 Å². The monoisotopic (exact) mass is 246 g/mol. The van der Waals surface area contributed by atoms with Gasteiger partial charge in [-0.05, 0) is 19.8 Å². The predicted molar refractivity (Wildman–Crippen MR) is 60.2 cm³/mol. The Morgan fingerprint density at radius 2 is 2.25 bits per heavy atom. The van der Waals surface area contributed by atoms with E-state index in [0.717, 1.165) is 0 Å². The zero-order valence-corrected chi connectivity index (χ0v) is 10.7. The first-order valence-corrected chi connectivity index (χ1v) is 6.93. The van der Waals surface area contributed by atoms with Crippen molar-refractivity contribution >= 4 is 10.0 Å². The van der Waals surface area contributed by atoms with Gasteiger partial charge in [0.2, 0.25) is 10.0 Å². The first-order valence-electron chi connectivity index (χ1n) is 5.43. The molecule has 0 saturated carbocycles. The number of ether oxygens (including phenoxy) is 1. The topological polar surface area (TPSA) is 70.4 Å². The largest absolute Gasteiger partial charge is 0.377 e. The maximum atomic E-state index is 12.1. The van der Waals surface area contributed by atoms with Crippen LogP contribution < -0.4 is 0 Å². The molecule has 1 rings (SSSR count). The number of hydrogen-bond donors (Lipinski definition) is 0. The van der Waals surface area contributed by atoms with E-state index < -0.39 is 15.3 Å². The highest BCUT2D eigenvalue weighted by atomic mass is 32.2. The van der Waals surface area contributed by atoms with E-state index in [1.54, 1.807) is 6.92 Å². The first-order chi connectivity index (χ1) is 7.45. The number of hydrogen-bond acceptors (Lipinski definition) is 4. The van der Waals surface area contributed by atoms with E-state index in [1.807, 2.05) is 13.0 Å². The summed E-state index contributed by atoms with van der Waals surface area (Å²) < 4.78 is 30.8. The molecule has 16 heavy (non-hydrogen) atoms. The normalized spacial score (nSPS) is 27.9. The van der Waals surface area contributed by atoms with E-state index >= 15 is 0 Å². The van der Waals surface area contributed by atoms with Gasteiger partial charge >= 0.3 is 0 Å². The van der Waals surface area contributed by atoms with Crippen LogP contribution in [0, 0.1) is 11.3 Å². The summed E-state index contributed by atoms with van der Waals surface area (Å²) in [6, 6.07) is 1.69. The lowest BCUT2D eigenvalue weighted by molar-refractivity contribution is 0.102. The molecule has 92 valence electrons. The molecule has 5 nitrogen and oxygen atoms in total. The Labute approximate surface area is 97.0 Å². The third kappa shape index (κ3) is 2.37. The molecule has 0 aromatic carbocycles. The lowest BCUT2D eigenvalue weighted by Gasteiger charge is -2.27. The summed E-state index contributed by atoms with van der Waals surface area (Å²) in [5, 5.41) is 7.88. The maximum Gasteiger partial charge on any atom is 0.230 e. The average molecular weight is 246 g/mol. The molecule has 0 aliphatic carbocycles.